The normalized spacial score (nSPS) is 14.8. The van der Waals surface area contributed by atoms with E-state index in [-0.39, 0.29) is 31.0 Å². The van der Waals surface area contributed by atoms with E-state index in [0.717, 1.165) is 25.7 Å². The van der Waals surface area contributed by atoms with Crippen molar-refractivity contribution >= 4 is 35.0 Å². The van der Waals surface area contributed by atoms with Crippen LogP contribution in [0.2, 0.25) is 10.0 Å². The van der Waals surface area contributed by atoms with E-state index in [1.54, 1.807) is 25.1 Å². The van der Waals surface area contributed by atoms with Gasteiger partial charge >= 0.3 is 0 Å². The van der Waals surface area contributed by atoms with Gasteiger partial charge in [-0.1, -0.05) is 42.1 Å². The lowest BCUT2D eigenvalue weighted by atomic mass is 10.1. The number of hydrogen-bond acceptors (Lipinski definition) is 3. The zero-order chi connectivity index (χ0) is 22.4. The molecule has 1 saturated carbocycles. The Morgan fingerprint density at radius 3 is 2.48 bits per heavy atom. The number of halogens is 3. The predicted octanol–water partition coefficient (Wildman–Crippen LogP) is 4.99. The van der Waals surface area contributed by atoms with Gasteiger partial charge in [0.1, 0.15) is 17.6 Å². The molecule has 0 bridgehead atoms. The zero-order valence-corrected chi connectivity index (χ0v) is 18.8. The standard InChI is InChI=1S/C23H25Cl2FN2O3/c1-15(23(30)27-19-4-2-3-5-19)28(13-16-6-7-17(24)12-21(16)25)22(29)14-31-20-10-8-18(26)9-11-20/h6-12,15,19H,2-5,13-14H2,1H3,(H,27,30)/t15-/m0/s1. The summed E-state index contributed by atoms with van der Waals surface area (Å²) in [5, 5.41) is 3.93. The highest BCUT2D eigenvalue weighted by Gasteiger charge is 2.29. The van der Waals surface area contributed by atoms with Gasteiger partial charge in [-0.25, -0.2) is 4.39 Å². The van der Waals surface area contributed by atoms with Crippen molar-refractivity contribution < 1.29 is 18.7 Å². The van der Waals surface area contributed by atoms with E-state index < -0.39 is 11.9 Å². The van der Waals surface area contributed by atoms with Crippen molar-refractivity contribution in [2.24, 2.45) is 0 Å². The van der Waals surface area contributed by atoms with Gasteiger partial charge in [0.25, 0.3) is 5.91 Å². The smallest absolute Gasteiger partial charge is 0.261 e. The SMILES string of the molecule is C[C@@H](C(=O)NC1CCCC1)N(Cc1ccc(Cl)cc1Cl)C(=O)COc1ccc(F)cc1. The van der Waals surface area contributed by atoms with Gasteiger partial charge in [0.15, 0.2) is 6.61 Å². The summed E-state index contributed by atoms with van der Waals surface area (Å²) in [6.07, 6.45) is 4.08. The van der Waals surface area contributed by atoms with Crippen molar-refractivity contribution in [3.8, 4) is 5.75 Å². The van der Waals surface area contributed by atoms with Crippen molar-refractivity contribution in [1.82, 2.24) is 10.2 Å². The quantitative estimate of drug-likeness (QED) is 0.596. The summed E-state index contributed by atoms with van der Waals surface area (Å²) >= 11 is 12.3. The minimum absolute atomic E-state index is 0.126. The Morgan fingerprint density at radius 2 is 1.84 bits per heavy atom. The molecule has 0 unspecified atom stereocenters. The molecule has 3 rings (SSSR count). The molecule has 31 heavy (non-hydrogen) atoms. The van der Waals surface area contributed by atoms with Crippen LogP contribution in [0.4, 0.5) is 4.39 Å². The van der Waals surface area contributed by atoms with Crippen LogP contribution in [0, 0.1) is 5.82 Å². The van der Waals surface area contributed by atoms with Crippen LogP contribution in [0.3, 0.4) is 0 Å². The summed E-state index contributed by atoms with van der Waals surface area (Å²) in [5.74, 6) is -0.631. The first-order valence-electron chi connectivity index (χ1n) is 10.3. The molecule has 1 aliphatic rings. The largest absolute Gasteiger partial charge is 0.484 e. The number of carbonyl (C=O) groups is 2. The molecule has 0 aliphatic heterocycles. The molecule has 1 N–H and O–H groups in total. The monoisotopic (exact) mass is 466 g/mol. The molecule has 8 heteroatoms. The maximum absolute atomic E-state index is 13.1. The maximum atomic E-state index is 13.1. The van der Waals surface area contributed by atoms with Gasteiger partial charge in [0.2, 0.25) is 5.91 Å². The van der Waals surface area contributed by atoms with Gasteiger partial charge in [0.05, 0.1) is 0 Å². The van der Waals surface area contributed by atoms with E-state index in [1.807, 2.05) is 0 Å². The molecule has 2 amide bonds. The fourth-order valence-electron chi connectivity index (χ4n) is 3.57. The number of rotatable bonds is 8. The summed E-state index contributed by atoms with van der Waals surface area (Å²) < 4.78 is 18.6. The summed E-state index contributed by atoms with van der Waals surface area (Å²) in [6, 6.07) is 9.82. The van der Waals surface area contributed by atoms with Crippen LogP contribution in [-0.4, -0.2) is 35.4 Å². The first kappa shape index (κ1) is 23.4. The Labute approximate surface area is 191 Å². The van der Waals surface area contributed by atoms with Crippen molar-refractivity contribution in [2.75, 3.05) is 6.61 Å². The minimum Gasteiger partial charge on any atom is -0.484 e. The molecule has 2 aromatic rings. The molecule has 0 spiro atoms. The van der Waals surface area contributed by atoms with E-state index in [0.29, 0.717) is 21.4 Å². The van der Waals surface area contributed by atoms with Gasteiger partial charge in [-0.3, -0.25) is 9.59 Å². The zero-order valence-electron chi connectivity index (χ0n) is 17.2. The van der Waals surface area contributed by atoms with Crippen LogP contribution < -0.4 is 10.1 Å². The molecular formula is C23H25Cl2FN2O3. The molecule has 1 aliphatic carbocycles. The van der Waals surface area contributed by atoms with Gasteiger partial charge in [-0.15, -0.1) is 0 Å². The van der Waals surface area contributed by atoms with Crippen LogP contribution >= 0.6 is 23.2 Å². The third kappa shape index (κ3) is 6.58. The fourth-order valence-corrected chi connectivity index (χ4v) is 4.04. The average molecular weight is 467 g/mol. The third-order valence-electron chi connectivity index (χ3n) is 5.40. The lowest BCUT2D eigenvalue weighted by Crippen LogP contribution is -2.50. The van der Waals surface area contributed by atoms with Crippen molar-refractivity contribution in [3.05, 3.63) is 63.9 Å². The molecular weight excluding hydrogens is 442 g/mol. The van der Waals surface area contributed by atoms with Crippen LogP contribution in [0.5, 0.6) is 5.75 Å². The van der Waals surface area contributed by atoms with Crippen LogP contribution in [0.1, 0.15) is 38.2 Å². The van der Waals surface area contributed by atoms with E-state index in [4.69, 9.17) is 27.9 Å². The van der Waals surface area contributed by atoms with Crippen molar-refractivity contribution in [1.29, 1.82) is 0 Å². The third-order valence-corrected chi connectivity index (χ3v) is 5.99. The summed E-state index contributed by atoms with van der Waals surface area (Å²) in [7, 11) is 0. The molecule has 166 valence electrons. The van der Waals surface area contributed by atoms with E-state index >= 15 is 0 Å². The Balaban J connectivity index is 1.73. The average Bonchev–Trinajstić information content (AvgIpc) is 3.25. The van der Waals surface area contributed by atoms with Crippen molar-refractivity contribution in [3.63, 3.8) is 0 Å². The highest BCUT2D eigenvalue weighted by atomic mass is 35.5. The number of amides is 2. The number of ether oxygens (including phenoxy) is 1. The number of carbonyl (C=O) groups excluding carboxylic acids is 2. The topological polar surface area (TPSA) is 58.6 Å². The number of nitrogens with zero attached hydrogens (tertiary/aromatic N) is 1. The molecule has 1 atom stereocenters. The minimum atomic E-state index is -0.725. The lowest BCUT2D eigenvalue weighted by molar-refractivity contribution is -0.142. The van der Waals surface area contributed by atoms with Gasteiger partial charge in [-0.2, -0.15) is 0 Å². The van der Waals surface area contributed by atoms with Crippen LogP contribution in [0.15, 0.2) is 42.5 Å². The Morgan fingerprint density at radius 1 is 1.16 bits per heavy atom. The van der Waals surface area contributed by atoms with Gasteiger partial charge < -0.3 is 15.0 Å². The molecule has 1 fully saturated rings. The van der Waals surface area contributed by atoms with Crippen molar-refractivity contribution in [2.45, 2.75) is 51.2 Å². The second kappa shape index (κ2) is 10.8. The molecule has 0 aromatic heterocycles. The summed E-state index contributed by atoms with van der Waals surface area (Å²) in [4.78, 5) is 27.3. The van der Waals surface area contributed by atoms with Gasteiger partial charge in [0, 0.05) is 22.6 Å². The van der Waals surface area contributed by atoms with E-state index in [9.17, 15) is 14.0 Å². The van der Waals surface area contributed by atoms with E-state index in [1.165, 1.54) is 29.2 Å². The maximum Gasteiger partial charge on any atom is 0.261 e. The summed E-state index contributed by atoms with van der Waals surface area (Å²) in [6.45, 7) is 1.52. The van der Waals surface area contributed by atoms with Crippen LogP contribution in [0.25, 0.3) is 0 Å². The highest BCUT2D eigenvalue weighted by molar-refractivity contribution is 6.35. The second-order valence-corrected chi connectivity index (χ2v) is 8.51. The predicted molar refractivity (Wildman–Crippen MR) is 119 cm³/mol. The number of benzene rings is 2. The lowest BCUT2D eigenvalue weighted by Gasteiger charge is -2.30. The fraction of sp³-hybridized carbons (Fsp3) is 0.391. The summed E-state index contributed by atoms with van der Waals surface area (Å²) in [5.41, 5.74) is 0.668. The Bertz CT molecular complexity index is 918. The molecule has 0 saturated heterocycles. The first-order chi connectivity index (χ1) is 14.8. The highest BCUT2D eigenvalue weighted by Crippen LogP contribution is 2.24. The second-order valence-electron chi connectivity index (χ2n) is 7.67. The first-order valence-corrected chi connectivity index (χ1v) is 11.0. The number of nitrogens with one attached hydrogen (secondary N) is 1. The van der Waals surface area contributed by atoms with E-state index in [2.05, 4.69) is 5.32 Å². The molecule has 5 nitrogen and oxygen atoms in total. The van der Waals surface area contributed by atoms with Gasteiger partial charge in [-0.05, 0) is 61.7 Å². The molecule has 0 radical (unpaired) electrons. The molecule has 0 heterocycles. The number of hydrogen-bond donors (Lipinski definition) is 1. The molecule has 2 aromatic carbocycles. The Kier molecular flexibility index (Phi) is 8.15. The Hall–Kier alpha value is -2.31. The van der Waals surface area contributed by atoms with Crippen LogP contribution in [-0.2, 0) is 16.1 Å².